The third-order valence-electron chi connectivity index (χ3n) is 1.76. The first-order chi connectivity index (χ1) is 7.77. The van der Waals surface area contributed by atoms with E-state index in [0.29, 0.717) is 0 Å². The number of esters is 1. The number of hydrogen-bond acceptors (Lipinski definition) is 2. The number of carbonyl (C=O) groups excluding carboxylic acids is 1. The van der Waals surface area contributed by atoms with Gasteiger partial charge < -0.3 is 4.74 Å². The predicted octanol–water partition coefficient (Wildman–Crippen LogP) is 2.95. The number of carbonyl (C=O) groups is 1. The highest BCUT2D eigenvalue weighted by Crippen LogP contribution is 2.23. The van der Waals surface area contributed by atoms with E-state index in [1.807, 2.05) is 0 Å². The van der Waals surface area contributed by atoms with Crippen LogP contribution in [0.5, 0.6) is 0 Å². The number of rotatable bonds is 2. The maximum Gasteiger partial charge on any atom is 0.344 e. The zero-order valence-corrected chi connectivity index (χ0v) is 8.78. The summed E-state index contributed by atoms with van der Waals surface area (Å²) in [5.41, 5.74) is -1.59. The molecule has 1 aromatic rings. The van der Waals surface area contributed by atoms with E-state index in [1.165, 1.54) is 13.8 Å². The molecule has 0 atom stereocenters. The Morgan fingerprint density at radius 1 is 0.882 bits per heavy atom. The van der Waals surface area contributed by atoms with Gasteiger partial charge in [0.2, 0.25) is 5.82 Å². The first-order valence-corrected chi connectivity index (χ1v) is 4.49. The van der Waals surface area contributed by atoms with E-state index in [4.69, 9.17) is 0 Å². The van der Waals surface area contributed by atoms with Crippen molar-refractivity contribution >= 4 is 5.97 Å². The molecule has 0 heterocycles. The van der Waals surface area contributed by atoms with Gasteiger partial charge in [-0.25, -0.2) is 26.7 Å². The lowest BCUT2D eigenvalue weighted by Crippen LogP contribution is -2.18. The predicted molar refractivity (Wildman–Crippen MR) is 46.8 cm³/mol. The zero-order chi connectivity index (χ0) is 13.3. The van der Waals surface area contributed by atoms with Crippen molar-refractivity contribution in [3.8, 4) is 0 Å². The van der Waals surface area contributed by atoms with Gasteiger partial charge in [-0.3, -0.25) is 0 Å². The monoisotopic (exact) mass is 254 g/mol. The number of hydrogen-bond donors (Lipinski definition) is 0. The van der Waals surface area contributed by atoms with Gasteiger partial charge in [-0.05, 0) is 13.8 Å². The van der Waals surface area contributed by atoms with E-state index in [2.05, 4.69) is 4.74 Å². The molecule has 0 saturated carbocycles. The SMILES string of the molecule is CC(C)OC(=O)c1c(F)c(F)c(F)c(F)c1F. The first kappa shape index (κ1) is 13.4. The molecule has 0 aliphatic heterocycles. The van der Waals surface area contributed by atoms with Crippen LogP contribution >= 0.6 is 0 Å². The quantitative estimate of drug-likeness (QED) is 0.351. The van der Waals surface area contributed by atoms with Crippen molar-refractivity contribution in [1.82, 2.24) is 0 Å². The molecular weight excluding hydrogens is 247 g/mol. The normalized spacial score (nSPS) is 10.8. The summed E-state index contributed by atoms with van der Waals surface area (Å²) in [4.78, 5) is 11.2. The molecule has 0 spiro atoms. The molecule has 7 heteroatoms. The highest BCUT2D eigenvalue weighted by Gasteiger charge is 2.30. The van der Waals surface area contributed by atoms with Gasteiger partial charge in [0.15, 0.2) is 23.3 Å². The van der Waals surface area contributed by atoms with Gasteiger partial charge >= 0.3 is 5.97 Å². The topological polar surface area (TPSA) is 26.3 Å². The Morgan fingerprint density at radius 3 is 1.59 bits per heavy atom. The van der Waals surface area contributed by atoms with Gasteiger partial charge in [0.05, 0.1) is 6.10 Å². The maximum atomic E-state index is 13.1. The Balaban J connectivity index is 3.39. The molecule has 0 N–H and O–H groups in total. The molecule has 0 aliphatic rings. The molecule has 1 aromatic carbocycles. The molecule has 0 unspecified atom stereocenters. The van der Waals surface area contributed by atoms with Crippen LogP contribution in [-0.4, -0.2) is 12.1 Å². The second kappa shape index (κ2) is 4.68. The van der Waals surface area contributed by atoms with Crippen molar-refractivity contribution in [2.75, 3.05) is 0 Å². The molecule has 0 bridgehead atoms. The molecule has 0 fully saturated rings. The zero-order valence-electron chi connectivity index (χ0n) is 8.78. The average Bonchev–Trinajstić information content (AvgIpc) is 2.23. The van der Waals surface area contributed by atoms with Gasteiger partial charge in [0.25, 0.3) is 0 Å². The lowest BCUT2D eigenvalue weighted by molar-refractivity contribution is 0.0363. The molecule has 0 saturated heterocycles. The number of ether oxygens (including phenoxy) is 1. The average molecular weight is 254 g/mol. The minimum atomic E-state index is -2.32. The summed E-state index contributed by atoms with van der Waals surface area (Å²) in [7, 11) is 0. The fourth-order valence-corrected chi connectivity index (χ4v) is 1.06. The summed E-state index contributed by atoms with van der Waals surface area (Å²) in [5.74, 6) is -12.7. The van der Waals surface area contributed by atoms with Crippen LogP contribution in [0.25, 0.3) is 0 Å². The minimum Gasteiger partial charge on any atom is -0.459 e. The van der Waals surface area contributed by atoms with E-state index in [-0.39, 0.29) is 0 Å². The van der Waals surface area contributed by atoms with Gasteiger partial charge in [-0.15, -0.1) is 0 Å². The van der Waals surface area contributed by atoms with Crippen LogP contribution in [0.15, 0.2) is 0 Å². The van der Waals surface area contributed by atoms with E-state index < -0.39 is 46.7 Å². The van der Waals surface area contributed by atoms with Crippen molar-refractivity contribution < 1.29 is 31.5 Å². The highest BCUT2D eigenvalue weighted by molar-refractivity contribution is 5.90. The standard InChI is InChI=1S/C10H7F5O2/c1-3(2)17-10(16)4-5(11)7(13)9(15)8(14)6(4)12/h3H,1-2H3. The smallest absolute Gasteiger partial charge is 0.344 e. The van der Waals surface area contributed by atoms with Gasteiger partial charge in [-0.1, -0.05) is 0 Å². The van der Waals surface area contributed by atoms with Gasteiger partial charge in [0.1, 0.15) is 5.56 Å². The third-order valence-corrected chi connectivity index (χ3v) is 1.76. The van der Waals surface area contributed by atoms with E-state index in [1.54, 1.807) is 0 Å². The molecule has 94 valence electrons. The number of halogens is 5. The van der Waals surface area contributed by atoms with E-state index in [9.17, 15) is 26.7 Å². The summed E-state index contributed by atoms with van der Waals surface area (Å²) in [6.07, 6.45) is -0.752. The summed E-state index contributed by atoms with van der Waals surface area (Å²) in [6, 6.07) is 0. The third kappa shape index (κ3) is 2.37. The van der Waals surface area contributed by atoms with E-state index in [0.717, 1.165) is 0 Å². The summed E-state index contributed by atoms with van der Waals surface area (Å²) in [5, 5.41) is 0. The van der Waals surface area contributed by atoms with Crippen LogP contribution in [0, 0.1) is 29.1 Å². The van der Waals surface area contributed by atoms with Crippen LogP contribution in [0.1, 0.15) is 24.2 Å². The van der Waals surface area contributed by atoms with Crippen LogP contribution < -0.4 is 0 Å². The summed E-state index contributed by atoms with van der Waals surface area (Å²) >= 11 is 0. The molecular formula is C10H7F5O2. The van der Waals surface area contributed by atoms with Crippen LogP contribution in [0.3, 0.4) is 0 Å². The van der Waals surface area contributed by atoms with E-state index >= 15 is 0 Å². The summed E-state index contributed by atoms with van der Waals surface area (Å²) < 4.78 is 68.6. The fourth-order valence-electron chi connectivity index (χ4n) is 1.06. The van der Waals surface area contributed by atoms with Crippen molar-refractivity contribution in [3.63, 3.8) is 0 Å². The Bertz CT molecular complexity index is 441. The molecule has 0 aromatic heterocycles. The molecule has 2 nitrogen and oxygen atoms in total. The van der Waals surface area contributed by atoms with Crippen molar-refractivity contribution in [2.24, 2.45) is 0 Å². The molecule has 17 heavy (non-hydrogen) atoms. The first-order valence-electron chi connectivity index (χ1n) is 4.49. The van der Waals surface area contributed by atoms with Crippen molar-refractivity contribution in [2.45, 2.75) is 20.0 Å². The number of benzene rings is 1. The van der Waals surface area contributed by atoms with Crippen molar-refractivity contribution in [3.05, 3.63) is 34.6 Å². The second-order valence-electron chi connectivity index (χ2n) is 3.40. The molecule has 0 aliphatic carbocycles. The molecule has 1 rings (SSSR count). The lowest BCUT2D eigenvalue weighted by Gasteiger charge is -2.10. The van der Waals surface area contributed by atoms with Crippen LogP contribution in [-0.2, 0) is 4.74 Å². The van der Waals surface area contributed by atoms with Crippen LogP contribution in [0.4, 0.5) is 22.0 Å². The maximum absolute atomic E-state index is 13.1. The van der Waals surface area contributed by atoms with Crippen molar-refractivity contribution in [1.29, 1.82) is 0 Å². The fraction of sp³-hybridized carbons (Fsp3) is 0.300. The Morgan fingerprint density at radius 2 is 1.24 bits per heavy atom. The van der Waals surface area contributed by atoms with Crippen LogP contribution in [0.2, 0.25) is 0 Å². The Kier molecular flexibility index (Phi) is 3.69. The molecule has 0 radical (unpaired) electrons. The second-order valence-corrected chi connectivity index (χ2v) is 3.40. The summed E-state index contributed by atoms with van der Waals surface area (Å²) in [6.45, 7) is 2.73. The largest absolute Gasteiger partial charge is 0.459 e. The van der Waals surface area contributed by atoms with Gasteiger partial charge in [0, 0.05) is 0 Å². The lowest BCUT2D eigenvalue weighted by atomic mass is 10.1. The Labute approximate surface area is 93.0 Å². The Hall–Kier alpha value is -1.66. The van der Waals surface area contributed by atoms with Gasteiger partial charge in [-0.2, -0.15) is 0 Å². The highest BCUT2D eigenvalue weighted by atomic mass is 19.2. The minimum absolute atomic E-state index is 0.752. The molecule has 0 amide bonds.